The van der Waals surface area contributed by atoms with Gasteiger partial charge in [-0.15, -0.1) is 0 Å². The van der Waals surface area contributed by atoms with Crippen LogP contribution < -0.4 is 10.1 Å². The van der Waals surface area contributed by atoms with Crippen LogP contribution in [0.25, 0.3) is 0 Å². The number of halogens is 1. The highest BCUT2D eigenvalue weighted by molar-refractivity contribution is 6.30. The van der Waals surface area contributed by atoms with Crippen molar-refractivity contribution in [2.75, 3.05) is 13.2 Å². The molecule has 1 aromatic heterocycles. The Morgan fingerprint density at radius 2 is 1.96 bits per heavy atom. The van der Waals surface area contributed by atoms with E-state index in [2.05, 4.69) is 17.2 Å². The molecule has 0 aliphatic rings. The third kappa shape index (κ3) is 6.57. The molecule has 0 saturated carbocycles. The van der Waals surface area contributed by atoms with Gasteiger partial charge in [0.2, 0.25) is 5.88 Å². The molecule has 0 spiro atoms. The number of benzene rings is 1. The molecule has 0 fully saturated rings. The van der Waals surface area contributed by atoms with E-state index in [-0.39, 0.29) is 17.4 Å². The van der Waals surface area contributed by atoms with E-state index in [1.54, 1.807) is 30.3 Å². The zero-order valence-electron chi connectivity index (χ0n) is 15.2. The van der Waals surface area contributed by atoms with Gasteiger partial charge >= 0.3 is 5.97 Å². The first-order valence-corrected chi connectivity index (χ1v) is 9.28. The van der Waals surface area contributed by atoms with Crippen molar-refractivity contribution in [1.82, 2.24) is 10.3 Å². The fraction of sp³-hybridized carbons (Fsp3) is 0.350. The first-order chi connectivity index (χ1) is 13.0. The Morgan fingerprint density at radius 1 is 1.22 bits per heavy atom. The second-order valence-electron chi connectivity index (χ2n) is 6.07. The molecule has 0 atom stereocenters. The second kappa shape index (κ2) is 10.5. The van der Waals surface area contributed by atoms with Gasteiger partial charge < -0.3 is 15.2 Å². The minimum absolute atomic E-state index is 0.234. The van der Waals surface area contributed by atoms with Crippen LogP contribution in [-0.4, -0.2) is 35.1 Å². The Kier molecular flexibility index (Phi) is 8.07. The van der Waals surface area contributed by atoms with Crippen molar-refractivity contribution < 1.29 is 19.4 Å². The summed E-state index contributed by atoms with van der Waals surface area (Å²) in [6.45, 7) is 3.00. The number of hydrogen-bond acceptors (Lipinski definition) is 4. The van der Waals surface area contributed by atoms with Crippen LogP contribution in [0.1, 0.15) is 52.5 Å². The maximum absolute atomic E-state index is 12.5. The molecule has 2 N–H and O–H groups in total. The molecule has 0 unspecified atom stereocenters. The Hall–Kier alpha value is -2.60. The number of carboxylic acid groups (broad SMARTS) is 1. The lowest BCUT2D eigenvalue weighted by Crippen LogP contribution is -2.26. The number of rotatable bonds is 10. The number of amides is 1. The number of hydrogen-bond donors (Lipinski definition) is 2. The number of aromatic nitrogens is 1. The van der Waals surface area contributed by atoms with Crippen molar-refractivity contribution >= 4 is 23.5 Å². The van der Waals surface area contributed by atoms with Crippen molar-refractivity contribution in [1.29, 1.82) is 0 Å². The minimum Gasteiger partial charge on any atom is -0.478 e. The lowest BCUT2D eigenvalue weighted by Gasteiger charge is -2.11. The summed E-state index contributed by atoms with van der Waals surface area (Å²) in [7, 11) is 0. The summed E-state index contributed by atoms with van der Waals surface area (Å²) in [6.07, 6.45) is 5.06. The molecule has 0 bridgehead atoms. The number of nitrogens with zero attached hydrogens (tertiary/aromatic N) is 1. The molecule has 0 aliphatic carbocycles. The van der Waals surface area contributed by atoms with Crippen molar-refractivity contribution in [2.24, 2.45) is 0 Å². The lowest BCUT2D eigenvalue weighted by atomic mass is 10.1. The number of nitrogens with one attached hydrogen (secondary N) is 1. The molecule has 6 nitrogen and oxygen atoms in total. The van der Waals surface area contributed by atoms with Crippen LogP contribution in [0.15, 0.2) is 36.5 Å². The topological polar surface area (TPSA) is 88.5 Å². The van der Waals surface area contributed by atoms with E-state index in [1.165, 1.54) is 6.20 Å². The molecule has 1 heterocycles. The zero-order valence-corrected chi connectivity index (χ0v) is 16.0. The number of unbranched alkanes of at least 4 members (excludes halogenated alkanes) is 2. The predicted octanol–water partition coefficient (Wildman–Crippen LogP) is 3.97. The smallest absolute Gasteiger partial charge is 0.335 e. The van der Waals surface area contributed by atoms with E-state index in [0.29, 0.717) is 30.2 Å². The molecule has 7 heteroatoms. The third-order valence-corrected chi connectivity index (χ3v) is 4.16. The van der Waals surface area contributed by atoms with Crippen LogP contribution in [0.2, 0.25) is 5.02 Å². The van der Waals surface area contributed by atoms with Crippen LogP contribution in [0, 0.1) is 0 Å². The molecule has 0 radical (unpaired) electrons. The summed E-state index contributed by atoms with van der Waals surface area (Å²) in [5, 5.41) is 12.1. The maximum atomic E-state index is 12.5. The molecular weight excluding hydrogens is 368 g/mol. The van der Waals surface area contributed by atoms with Crippen LogP contribution in [0.5, 0.6) is 5.88 Å². The van der Waals surface area contributed by atoms with Crippen molar-refractivity contribution in [2.45, 2.75) is 32.6 Å². The minimum atomic E-state index is -0.963. The van der Waals surface area contributed by atoms with E-state index in [4.69, 9.17) is 21.4 Å². The molecule has 144 valence electrons. The number of ether oxygens (including phenoxy) is 1. The lowest BCUT2D eigenvalue weighted by molar-refractivity contribution is 0.0696. The van der Waals surface area contributed by atoms with Crippen LogP contribution >= 0.6 is 11.6 Å². The summed E-state index contributed by atoms with van der Waals surface area (Å²) in [5.41, 5.74) is 1.47. The summed E-state index contributed by atoms with van der Waals surface area (Å²) in [4.78, 5) is 27.4. The monoisotopic (exact) mass is 390 g/mol. The van der Waals surface area contributed by atoms with Crippen molar-refractivity contribution in [3.63, 3.8) is 0 Å². The standard InChI is InChI=1S/C20H23ClN2O4/c1-2-3-4-11-27-19-17(12-16(21)13-23-19)18(24)22-10-9-14-5-7-15(8-6-14)20(25)26/h5-8,12-13H,2-4,9-11H2,1H3,(H,22,24)(H,25,26). The van der Waals surface area contributed by atoms with Gasteiger partial charge in [-0.2, -0.15) is 0 Å². The van der Waals surface area contributed by atoms with E-state index in [1.807, 2.05) is 0 Å². The maximum Gasteiger partial charge on any atom is 0.335 e. The Morgan fingerprint density at radius 3 is 2.63 bits per heavy atom. The van der Waals surface area contributed by atoms with Crippen LogP contribution in [0.3, 0.4) is 0 Å². The van der Waals surface area contributed by atoms with Gasteiger partial charge in [0.05, 0.1) is 17.2 Å². The van der Waals surface area contributed by atoms with Crippen molar-refractivity contribution in [3.8, 4) is 5.88 Å². The highest BCUT2D eigenvalue weighted by Crippen LogP contribution is 2.20. The van der Waals surface area contributed by atoms with Gasteiger partial charge in [0.25, 0.3) is 5.91 Å². The summed E-state index contributed by atoms with van der Waals surface area (Å²) in [6, 6.07) is 8.10. The fourth-order valence-electron chi connectivity index (χ4n) is 2.45. The predicted molar refractivity (Wildman–Crippen MR) is 104 cm³/mol. The number of carbonyl (C=O) groups excluding carboxylic acids is 1. The van der Waals surface area contributed by atoms with Crippen LogP contribution in [0.4, 0.5) is 0 Å². The molecular formula is C20H23ClN2O4. The average Bonchev–Trinajstić information content (AvgIpc) is 2.66. The Labute approximate surface area is 163 Å². The quantitative estimate of drug-likeness (QED) is 0.599. The highest BCUT2D eigenvalue weighted by atomic mass is 35.5. The number of pyridine rings is 1. The molecule has 2 aromatic rings. The Bertz CT molecular complexity index is 778. The molecule has 27 heavy (non-hydrogen) atoms. The third-order valence-electron chi connectivity index (χ3n) is 3.95. The van der Waals surface area contributed by atoms with Crippen LogP contribution in [-0.2, 0) is 6.42 Å². The summed E-state index contributed by atoms with van der Waals surface area (Å²) >= 11 is 5.97. The fourth-order valence-corrected chi connectivity index (χ4v) is 2.61. The number of carboxylic acids is 1. The zero-order chi connectivity index (χ0) is 19.6. The van der Waals surface area contributed by atoms with E-state index in [0.717, 1.165) is 24.8 Å². The largest absolute Gasteiger partial charge is 0.478 e. The summed E-state index contributed by atoms with van der Waals surface area (Å²) in [5.74, 6) is -0.994. The molecule has 1 aromatic carbocycles. The van der Waals surface area contributed by atoms with Crippen molar-refractivity contribution in [3.05, 3.63) is 58.2 Å². The molecule has 1 amide bonds. The highest BCUT2D eigenvalue weighted by Gasteiger charge is 2.15. The number of aromatic carboxylic acids is 1. The van der Waals surface area contributed by atoms with Gasteiger partial charge in [-0.25, -0.2) is 9.78 Å². The van der Waals surface area contributed by atoms with Gasteiger partial charge in [-0.1, -0.05) is 43.5 Å². The normalized spacial score (nSPS) is 10.4. The van der Waals surface area contributed by atoms with Gasteiger partial charge in [0.1, 0.15) is 5.56 Å². The van der Waals surface area contributed by atoms with Gasteiger partial charge in [-0.3, -0.25) is 4.79 Å². The van der Waals surface area contributed by atoms with Gasteiger partial charge in [0.15, 0.2) is 0 Å². The SMILES string of the molecule is CCCCCOc1ncc(Cl)cc1C(=O)NCCc1ccc(C(=O)O)cc1. The van der Waals surface area contributed by atoms with E-state index >= 15 is 0 Å². The first kappa shape index (κ1) is 20.7. The second-order valence-corrected chi connectivity index (χ2v) is 6.51. The Balaban J connectivity index is 1.92. The molecule has 0 aliphatic heterocycles. The van der Waals surface area contributed by atoms with E-state index in [9.17, 15) is 9.59 Å². The first-order valence-electron chi connectivity index (χ1n) is 8.90. The van der Waals surface area contributed by atoms with E-state index < -0.39 is 5.97 Å². The van der Waals surface area contributed by atoms with Gasteiger partial charge in [-0.05, 0) is 36.6 Å². The average molecular weight is 391 g/mol. The number of carbonyl (C=O) groups is 2. The summed E-state index contributed by atoms with van der Waals surface area (Å²) < 4.78 is 5.63. The molecule has 2 rings (SSSR count). The molecule has 0 saturated heterocycles. The van der Waals surface area contributed by atoms with Gasteiger partial charge in [0, 0.05) is 12.7 Å².